The summed E-state index contributed by atoms with van der Waals surface area (Å²) >= 11 is 0. The average molecular weight is 221 g/mol. The van der Waals surface area contributed by atoms with Crippen LogP contribution in [0.15, 0.2) is 12.2 Å². The fraction of sp³-hybridized carbons (Fsp3) is 0.867. The fourth-order valence-corrected chi connectivity index (χ4v) is 3.17. The number of allylic oxidation sites excluding steroid dienone is 1. The van der Waals surface area contributed by atoms with Crippen LogP contribution in [0.25, 0.3) is 0 Å². The molecule has 0 aromatic rings. The van der Waals surface area contributed by atoms with Crippen LogP contribution in [0.3, 0.4) is 0 Å². The molecule has 0 aromatic heterocycles. The van der Waals surface area contributed by atoms with Crippen LogP contribution in [0.4, 0.5) is 0 Å². The lowest BCUT2D eigenvalue weighted by atomic mass is 9.77. The van der Waals surface area contributed by atoms with E-state index in [0.29, 0.717) is 17.4 Å². The van der Waals surface area contributed by atoms with E-state index in [-0.39, 0.29) is 0 Å². The molecule has 0 aromatic carbocycles. The van der Waals surface area contributed by atoms with Crippen molar-refractivity contribution in [2.45, 2.75) is 64.8 Å². The Hall–Kier alpha value is -0.300. The van der Waals surface area contributed by atoms with Gasteiger partial charge in [-0.25, -0.2) is 0 Å². The minimum atomic E-state index is 0.482. The van der Waals surface area contributed by atoms with Gasteiger partial charge in [0.15, 0.2) is 0 Å². The van der Waals surface area contributed by atoms with Gasteiger partial charge in [0.25, 0.3) is 0 Å². The quantitative estimate of drug-likeness (QED) is 0.716. The van der Waals surface area contributed by atoms with Gasteiger partial charge in [0.2, 0.25) is 0 Å². The van der Waals surface area contributed by atoms with Gasteiger partial charge in [0.05, 0.1) is 0 Å². The Bertz CT molecular complexity index is 257. The molecule has 2 saturated carbocycles. The van der Waals surface area contributed by atoms with E-state index < -0.39 is 0 Å². The highest BCUT2D eigenvalue weighted by Crippen LogP contribution is 2.53. The van der Waals surface area contributed by atoms with Gasteiger partial charge in [0.1, 0.15) is 0 Å². The van der Waals surface area contributed by atoms with Gasteiger partial charge >= 0.3 is 0 Å². The lowest BCUT2D eigenvalue weighted by molar-refractivity contribution is 0.282. The van der Waals surface area contributed by atoms with E-state index in [2.05, 4.69) is 20.4 Å². The minimum absolute atomic E-state index is 0.482. The molecule has 0 heterocycles. The number of hydrogen-bond donors (Lipinski definition) is 1. The summed E-state index contributed by atoms with van der Waals surface area (Å²) in [7, 11) is 0. The van der Waals surface area contributed by atoms with Crippen molar-refractivity contribution in [3.63, 3.8) is 0 Å². The second-order valence-corrected chi connectivity index (χ2v) is 6.50. The summed E-state index contributed by atoms with van der Waals surface area (Å²) in [4.78, 5) is 0. The maximum absolute atomic E-state index is 5.95. The lowest BCUT2D eigenvalue weighted by Gasteiger charge is -2.30. The topological polar surface area (TPSA) is 26.0 Å². The first-order valence-corrected chi connectivity index (χ1v) is 6.96. The number of nitrogens with two attached hydrogens (primary N) is 1. The molecule has 2 fully saturated rings. The number of rotatable bonds is 4. The molecule has 0 saturated heterocycles. The van der Waals surface area contributed by atoms with Crippen LogP contribution in [-0.2, 0) is 0 Å². The first kappa shape index (κ1) is 12.2. The SMILES string of the molecule is C=C(C(C)CC1CCC(N)CC1)C1(C)CC1. The molecule has 0 aliphatic heterocycles. The smallest absolute Gasteiger partial charge is 0.00390 e. The summed E-state index contributed by atoms with van der Waals surface area (Å²) in [5.74, 6) is 1.63. The highest BCUT2D eigenvalue weighted by molar-refractivity contribution is 5.19. The second-order valence-electron chi connectivity index (χ2n) is 6.50. The predicted molar refractivity (Wildman–Crippen MR) is 70.2 cm³/mol. The third kappa shape index (κ3) is 2.68. The second kappa shape index (κ2) is 4.52. The van der Waals surface area contributed by atoms with Crippen molar-refractivity contribution in [2.24, 2.45) is 23.0 Å². The van der Waals surface area contributed by atoms with Crippen LogP contribution in [-0.4, -0.2) is 6.04 Å². The Morgan fingerprint density at radius 2 is 1.88 bits per heavy atom. The zero-order chi connectivity index (χ0) is 11.8. The van der Waals surface area contributed by atoms with Gasteiger partial charge in [-0.3, -0.25) is 0 Å². The molecule has 92 valence electrons. The maximum atomic E-state index is 5.95. The molecule has 0 bridgehead atoms. The summed E-state index contributed by atoms with van der Waals surface area (Å²) in [6.07, 6.45) is 9.24. The van der Waals surface area contributed by atoms with Crippen LogP contribution in [0.1, 0.15) is 58.8 Å². The highest BCUT2D eigenvalue weighted by atomic mass is 14.6. The Morgan fingerprint density at radius 3 is 2.38 bits per heavy atom. The molecule has 2 aliphatic rings. The normalized spacial score (nSPS) is 34.4. The minimum Gasteiger partial charge on any atom is -0.328 e. The molecule has 0 amide bonds. The van der Waals surface area contributed by atoms with Crippen LogP contribution in [0.5, 0.6) is 0 Å². The molecule has 1 atom stereocenters. The van der Waals surface area contributed by atoms with Crippen molar-refractivity contribution in [1.82, 2.24) is 0 Å². The van der Waals surface area contributed by atoms with Gasteiger partial charge in [0, 0.05) is 6.04 Å². The Balaban J connectivity index is 1.78. The lowest BCUT2D eigenvalue weighted by Crippen LogP contribution is -2.27. The van der Waals surface area contributed by atoms with E-state index in [1.54, 1.807) is 0 Å². The van der Waals surface area contributed by atoms with Gasteiger partial charge < -0.3 is 5.73 Å². The molecule has 2 aliphatic carbocycles. The Morgan fingerprint density at radius 1 is 1.31 bits per heavy atom. The van der Waals surface area contributed by atoms with Gasteiger partial charge in [-0.1, -0.05) is 26.0 Å². The zero-order valence-corrected chi connectivity index (χ0v) is 11.0. The molecule has 2 rings (SSSR count). The number of hydrogen-bond acceptors (Lipinski definition) is 1. The largest absolute Gasteiger partial charge is 0.328 e. The van der Waals surface area contributed by atoms with Gasteiger partial charge in [-0.15, -0.1) is 0 Å². The molecule has 1 unspecified atom stereocenters. The molecule has 0 spiro atoms. The van der Waals surface area contributed by atoms with E-state index in [4.69, 9.17) is 5.73 Å². The van der Waals surface area contributed by atoms with E-state index in [9.17, 15) is 0 Å². The Labute approximate surface area is 100 Å². The molecule has 0 radical (unpaired) electrons. The van der Waals surface area contributed by atoms with Crippen molar-refractivity contribution in [2.75, 3.05) is 0 Å². The fourth-order valence-electron chi connectivity index (χ4n) is 3.17. The maximum Gasteiger partial charge on any atom is 0.00390 e. The van der Waals surface area contributed by atoms with E-state index in [1.165, 1.54) is 50.5 Å². The van der Waals surface area contributed by atoms with Crippen molar-refractivity contribution in [3.05, 3.63) is 12.2 Å². The third-order valence-corrected chi connectivity index (χ3v) is 4.95. The van der Waals surface area contributed by atoms with Crippen molar-refractivity contribution in [1.29, 1.82) is 0 Å². The summed E-state index contributed by atoms with van der Waals surface area (Å²) in [5, 5.41) is 0. The van der Waals surface area contributed by atoms with Crippen LogP contribution in [0.2, 0.25) is 0 Å². The standard InChI is InChI=1S/C15H27N/c1-11(12(2)15(3)8-9-15)10-13-4-6-14(16)7-5-13/h11,13-14H,2,4-10,16H2,1,3H3. The first-order chi connectivity index (χ1) is 7.51. The van der Waals surface area contributed by atoms with Crippen LogP contribution >= 0.6 is 0 Å². The van der Waals surface area contributed by atoms with E-state index in [0.717, 1.165) is 5.92 Å². The molecular weight excluding hydrogens is 194 g/mol. The van der Waals surface area contributed by atoms with E-state index in [1.807, 2.05) is 0 Å². The Kier molecular flexibility index (Phi) is 3.44. The van der Waals surface area contributed by atoms with Crippen LogP contribution in [0, 0.1) is 17.3 Å². The van der Waals surface area contributed by atoms with E-state index >= 15 is 0 Å². The average Bonchev–Trinajstić information content (AvgIpc) is 3.00. The molecule has 1 nitrogen and oxygen atoms in total. The molecule has 1 heteroatoms. The highest BCUT2D eigenvalue weighted by Gasteiger charge is 2.41. The molecule has 2 N–H and O–H groups in total. The van der Waals surface area contributed by atoms with Gasteiger partial charge in [-0.05, 0) is 62.2 Å². The molecular formula is C15H27N. The zero-order valence-electron chi connectivity index (χ0n) is 11.0. The first-order valence-electron chi connectivity index (χ1n) is 6.96. The van der Waals surface area contributed by atoms with Gasteiger partial charge in [-0.2, -0.15) is 0 Å². The van der Waals surface area contributed by atoms with Crippen molar-refractivity contribution >= 4 is 0 Å². The predicted octanol–water partition coefficient (Wildman–Crippen LogP) is 3.89. The van der Waals surface area contributed by atoms with Crippen molar-refractivity contribution < 1.29 is 0 Å². The third-order valence-electron chi connectivity index (χ3n) is 4.95. The summed E-state index contributed by atoms with van der Waals surface area (Å²) in [6.45, 7) is 9.10. The van der Waals surface area contributed by atoms with Crippen molar-refractivity contribution in [3.8, 4) is 0 Å². The summed E-state index contributed by atoms with van der Waals surface area (Å²) in [5.41, 5.74) is 7.97. The van der Waals surface area contributed by atoms with Crippen LogP contribution < -0.4 is 5.73 Å². The summed E-state index contributed by atoms with van der Waals surface area (Å²) < 4.78 is 0. The summed E-state index contributed by atoms with van der Waals surface area (Å²) in [6, 6.07) is 0.482. The monoisotopic (exact) mass is 221 g/mol. The molecule has 16 heavy (non-hydrogen) atoms.